The number of carbonyl (C=O) groups excluding carboxylic acids is 2. The highest BCUT2D eigenvalue weighted by molar-refractivity contribution is 7.14. The molecule has 0 saturated carbocycles. The zero-order chi connectivity index (χ0) is 21.6. The minimum absolute atomic E-state index is 0.256. The number of rotatable bonds is 8. The number of nitrogens with zero attached hydrogens (tertiary/aromatic N) is 1. The van der Waals surface area contributed by atoms with Gasteiger partial charge in [-0.1, -0.05) is 48.5 Å². The van der Waals surface area contributed by atoms with Gasteiger partial charge < -0.3 is 9.72 Å². The number of thiazole rings is 1. The Balaban J connectivity index is 1.24. The van der Waals surface area contributed by atoms with Crippen molar-refractivity contribution in [3.05, 3.63) is 71.7 Å². The fraction of sp³-hybridized carbons (Fsp3) is 0.208. The molecule has 0 fully saturated rings. The second kappa shape index (κ2) is 9.57. The van der Waals surface area contributed by atoms with Crippen molar-refractivity contribution in [2.75, 3.05) is 5.32 Å². The number of aromatic nitrogens is 2. The largest absolute Gasteiger partial charge is 0.453 e. The number of aryl methyl sites for hydroxylation is 1. The molecule has 7 heteroatoms. The summed E-state index contributed by atoms with van der Waals surface area (Å²) in [6.07, 6.45) is 2.77. The Bertz CT molecular complexity index is 1180. The summed E-state index contributed by atoms with van der Waals surface area (Å²) in [5.74, 6) is -0.773. The van der Waals surface area contributed by atoms with Crippen molar-refractivity contribution >= 4 is 39.2 Å². The van der Waals surface area contributed by atoms with E-state index >= 15 is 0 Å². The van der Waals surface area contributed by atoms with E-state index in [1.807, 2.05) is 60.1 Å². The number of hydrogen-bond donors (Lipinski definition) is 2. The third-order valence-corrected chi connectivity index (χ3v) is 5.74. The van der Waals surface area contributed by atoms with Gasteiger partial charge in [0.05, 0.1) is 5.69 Å². The zero-order valence-electron chi connectivity index (χ0n) is 17.1. The first-order valence-corrected chi connectivity index (χ1v) is 11.0. The van der Waals surface area contributed by atoms with Crippen LogP contribution < -0.4 is 5.32 Å². The van der Waals surface area contributed by atoms with Gasteiger partial charge in [0.2, 0.25) is 0 Å². The number of hydrogen-bond acceptors (Lipinski definition) is 5. The van der Waals surface area contributed by atoms with Crippen LogP contribution >= 0.6 is 11.3 Å². The van der Waals surface area contributed by atoms with Crippen molar-refractivity contribution in [2.45, 2.75) is 32.3 Å². The highest BCUT2D eigenvalue weighted by atomic mass is 32.1. The van der Waals surface area contributed by atoms with Crippen molar-refractivity contribution < 1.29 is 14.3 Å². The van der Waals surface area contributed by atoms with Gasteiger partial charge in [-0.2, -0.15) is 0 Å². The summed E-state index contributed by atoms with van der Waals surface area (Å²) in [6.45, 7) is 1.57. The van der Waals surface area contributed by atoms with E-state index < -0.39 is 6.10 Å². The maximum atomic E-state index is 12.4. The number of benzene rings is 2. The van der Waals surface area contributed by atoms with Crippen molar-refractivity contribution in [1.82, 2.24) is 9.97 Å². The molecule has 1 atom stereocenters. The Kier molecular flexibility index (Phi) is 6.43. The Morgan fingerprint density at radius 3 is 2.74 bits per heavy atom. The number of carbonyl (C=O) groups is 2. The fourth-order valence-corrected chi connectivity index (χ4v) is 4.07. The van der Waals surface area contributed by atoms with Gasteiger partial charge >= 0.3 is 5.97 Å². The number of anilines is 1. The molecule has 158 valence electrons. The molecule has 0 spiro atoms. The lowest BCUT2D eigenvalue weighted by Crippen LogP contribution is -2.29. The van der Waals surface area contributed by atoms with Gasteiger partial charge in [0.25, 0.3) is 5.91 Å². The van der Waals surface area contributed by atoms with Gasteiger partial charge in [-0.25, -0.2) is 4.98 Å². The van der Waals surface area contributed by atoms with E-state index in [1.165, 1.54) is 22.3 Å². The van der Waals surface area contributed by atoms with Gasteiger partial charge in [0, 0.05) is 34.5 Å². The van der Waals surface area contributed by atoms with Crippen molar-refractivity contribution in [2.24, 2.45) is 0 Å². The Morgan fingerprint density at radius 1 is 1.13 bits per heavy atom. The van der Waals surface area contributed by atoms with E-state index in [-0.39, 0.29) is 18.3 Å². The van der Waals surface area contributed by atoms with Crippen LogP contribution in [0.5, 0.6) is 0 Å². The second-order valence-corrected chi connectivity index (χ2v) is 8.10. The molecular weight excluding hydrogens is 410 g/mol. The molecule has 1 unspecified atom stereocenters. The van der Waals surface area contributed by atoms with Gasteiger partial charge in [0.15, 0.2) is 11.2 Å². The summed E-state index contributed by atoms with van der Waals surface area (Å²) in [5, 5.41) is 6.25. The van der Waals surface area contributed by atoms with Crippen LogP contribution in [0.4, 0.5) is 5.13 Å². The molecule has 4 rings (SSSR count). The van der Waals surface area contributed by atoms with Crippen LogP contribution in [0.1, 0.15) is 25.3 Å². The standard InChI is InChI=1S/C24H23N3O3S/c1-16(23(29)27-24-26-21(15-31-24)17-8-3-2-4-9-17)30-22(28)13-7-10-18-14-25-20-12-6-5-11-19(18)20/h2-6,8-9,11-12,14-16,25H,7,10,13H2,1H3,(H,26,27,29). The summed E-state index contributed by atoms with van der Waals surface area (Å²) in [4.78, 5) is 32.2. The van der Waals surface area contributed by atoms with Crippen LogP contribution in [0.2, 0.25) is 0 Å². The van der Waals surface area contributed by atoms with Crippen molar-refractivity contribution in [1.29, 1.82) is 0 Å². The Hall–Kier alpha value is -3.45. The quantitative estimate of drug-likeness (QED) is 0.375. The SMILES string of the molecule is CC(OC(=O)CCCc1c[nH]c2ccccc12)C(=O)Nc1nc(-c2ccccc2)cs1. The van der Waals surface area contributed by atoms with Crippen LogP contribution in [0.25, 0.3) is 22.2 Å². The van der Waals surface area contributed by atoms with Gasteiger partial charge in [0.1, 0.15) is 0 Å². The molecule has 2 aromatic heterocycles. The molecule has 0 radical (unpaired) electrons. The Labute approximate surface area is 184 Å². The molecule has 2 aromatic carbocycles. The van der Waals surface area contributed by atoms with Gasteiger partial charge in [-0.15, -0.1) is 11.3 Å². The van der Waals surface area contributed by atoms with Gasteiger partial charge in [-0.3, -0.25) is 14.9 Å². The van der Waals surface area contributed by atoms with Crippen LogP contribution in [0.15, 0.2) is 66.2 Å². The normalized spacial score (nSPS) is 11.9. The summed E-state index contributed by atoms with van der Waals surface area (Å²) in [7, 11) is 0. The van der Waals surface area contributed by atoms with Crippen molar-refractivity contribution in [3.8, 4) is 11.3 Å². The average Bonchev–Trinajstić information content (AvgIpc) is 3.42. The predicted octanol–water partition coefficient (Wildman–Crippen LogP) is 5.18. The molecule has 31 heavy (non-hydrogen) atoms. The first kappa shape index (κ1) is 20.8. The topological polar surface area (TPSA) is 84.1 Å². The monoisotopic (exact) mass is 433 g/mol. The summed E-state index contributed by atoms with van der Waals surface area (Å²) >= 11 is 1.34. The van der Waals surface area contributed by atoms with Gasteiger partial charge in [-0.05, 0) is 31.4 Å². The molecule has 1 amide bonds. The number of fused-ring (bicyclic) bond motifs is 1. The third kappa shape index (κ3) is 5.19. The molecule has 4 aromatic rings. The Morgan fingerprint density at radius 2 is 1.90 bits per heavy atom. The number of ether oxygens (including phenoxy) is 1. The molecule has 2 heterocycles. The molecule has 6 nitrogen and oxygen atoms in total. The maximum Gasteiger partial charge on any atom is 0.306 e. The zero-order valence-corrected chi connectivity index (χ0v) is 17.9. The van der Waals surface area contributed by atoms with E-state index in [1.54, 1.807) is 6.92 Å². The maximum absolute atomic E-state index is 12.4. The molecule has 0 aliphatic heterocycles. The van der Waals surface area contributed by atoms with E-state index in [4.69, 9.17) is 4.74 Å². The predicted molar refractivity (Wildman–Crippen MR) is 123 cm³/mol. The van der Waals surface area contributed by atoms with Crippen molar-refractivity contribution in [3.63, 3.8) is 0 Å². The number of nitrogens with one attached hydrogen (secondary N) is 2. The number of esters is 1. The fourth-order valence-electron chi connectivity index (χ4n) is 3.35. The molecule has 0 bridgehead atoms. The first-order chi connectivity index (χ1) is 15.1. The molecular formula is C24H23N3O3S. The summed E-state index contributed by atoms with van der Waals surface area (Å²) in [6, 6.07) is 17.8. The number of amides is 1. The van der Waals surface area contributed by atoms with E-state index in [0.717, 1.165) is 23.2 Å². The average molecular weight is 434 g/mol. The van der Waals surface area contributed by atoms with E-state index in [0.29, 0.717) is 11.6 Å². The molecule has 0 aliphatic carbocycles. The summed E-state index contributed by atoms with van der Waals surface area (Å²) < 4.78 is 5.30. The molecule has 2 N–H and O–H groups in total. The number of H-pyrrole nitrogens is 1. The van der Waals surface area contributed by atoms with Crippen LogP contribution in [0, 0.1) is 0 Å². The van der Waals surface area contributed by atoms with Crippen LogP contribution in [0.3, 0.4) is 0 Å². The summed E-state index contributed by atoms with van der Waals surface area (Å²) in [5.41, 5.74) is 4.03. The number of para-hydroxylation sites is 1. The highest BCUT2D eigenvalue weighted by Gasteiger charge is 2.19. The van der Waals surface area contributed by atoms with E-state index in [9.17, 15) is 9.59 Å². The lowest BCUT2D eigenvalue weighted by atomic mass is 10.1. The van der Waals surface area contributed by atoms with Crippen LogP contribution in [-0.2, 0) is 20.7 Å². The lowest BCUT2D eigenvalue weighted by molar-refractivity contribution is -0.153. The van der Waals surface area contributed by atoms with Crippen LogP contribution in [-0.4, -0.2) is 27.9 Å². The number of aromatic amines is 1. The molecule has 0 saturated heterocycles. The lowest BCUT2D eigenvalue weighted by Gasteiger charge is -2.12. The molecule has 0 aliphatic rings. The smallest absolute Gasteiger partial charge is 0.306 e. The minimum Gasteiger partial charge on any atom is -0.453 e. The second-order valence-electron chi connectivity index (χ2n) is 7.24. The first-order valence-electron chi connectivity index (χ1n) is 10.2. The highest BCUT2D eigenvalue weighted by Crippen LogP contribution is 2.25. The minimum atomic E-state index is -0.885. The van der Waals surface area contributed by atoms with E-state index in [2.05, 4.69) is 21.4 Å². The third-order valence-electron chi connectivity index (χ3n) is 4.98.